The average Bonchev–Trinajstić information content (AvgIpc) is 2.16. The van der Waals surface area contributed by atoms with Crippen LogP contribution >= 0.6 is 0 Å². The fraction of sp³-hybridized carbons (Fsp3) is 0.700. The third kappa shape index (κ3) is 6.80. The van der Waals surface area contributed by atoms with Gasteiger partial charge in [-0.3, -0.25) is 9.59 Å². The van der Waals surface area contributed by atoms with Crippen LogP contribution in [0.5, 0.6) is 0 Å². The number of rotatable bonds is 7. The summed E-state index contributed by atoms with van der Waals surface area (Å²) in [5.74, 6) is -1.61. The molecule has 0 aliphatic carbocycles. The van der Waals surface area contributed by atoms with Gasteiger partial charge in [-0.2, -0.15) is 0 Å². The minimum Gasteiger partial charge on any atom is -0.480 e. The van der Waals surface area contributed by atoms with Crippen molar-refractivity contribution in [2.45, 2.75) is 39.2 Å². The van der Waals surface area contributed by atoms with Gasteiger partial charge in [0.1, 0.15) is 6.04 Å². The van der Waals surface area contributed by atoms with E-state index in [1.807, 2.05) is 6.92 Å². The standard InChI is InChI=1S/C10H18N2O4/c1-3-4-8(10(15)16)12-9(14)5-6-11-7(2)13/h8H,3-6H2,1-2H3,(H,11,13)(H,12,14)(H,15,16)/t8-/m0/s1. The monoisotopic (exact) mass is 230 g/mol. The molecule has 0 aromatic rings. The molecule has 6 heteroatoms. The van der Waals surface area contributed by atoms with Gasteiger partial charge in [-0.15, -0.1) is 0 Å². The molecule has 0 bridgehead atoms. The van der Waals surface area contributed by atoms with Crippen LogP contribution in [0.15, 0.2) is 0 Å². The zero-order chi connectivity index (χ0) is 12.6. The van der Waals surface area contributed by atoms with E-state index in [4.69, 9.17) is 5.11 Å². The van der Waals surface area contributed by atoms with Gasteiger partial charge < -0.3 is 15.7 Å². The number of carboxylic acids is 1. The lowest BCUT2D eigenvalue weighted by Crippen LogP contribution is -2.41. The molecule has 0 aliphatic rings. The van der Waals surface area contributed by atoms with E-state index in [2.05, 4.69) is 10.6 Å². The van der Waals surface area contributed by atoms with E-state index in [1.165, 1.54) is 6.92 Å². The molecule has 0 aromatic heterocycles. The number of aliphatic carboxylic acids is 1. The minimum atomic E-state index is -1.03. The van der Waals surface area contributed by atoms with Gasteiger partial charge in [0.2, 0.25) is 11.8 Å². The van der Waals surface area contributed by atoms with Crippen molar-refractivity contribution in [1.29, 1.82) is 0 Å². The molecule has 1 atom stereocenters. The van der Waals surface area contributed by atoms with Crippen molar-refractivity contribution in [3.63, 3.8) is 0 Å². The largest absolute Gasteiger partial charge is 0.480 e. The number of carboxylic acid groups (broad SMARTS) is 1. The van der Waals surface area contributed by atoms with Crippen molar-refractivity contribution in [1.82, 2.24) is 10.6 Å². The Labute approximate surface area is 94.4 Å². The topological polar surface area (TPSA) is 95.5 Å². The Hall–Kier alpha value is -1.59. The molecule has 0 saturated carbocycles. The first-order valence-corrected chi connectivity index (χ1v) is 5.24. The summed E-state index contributed by atoms with van der Waals surface area (Å²) >= 11 is 0. The predicted octanol–water partition coefficient (Wildman–Crippen LogP) is -0.118. The van der Waals surface area contributed by atoms with Crippen LogP contribution in [0.4, 0.5) is 0 Å². The highest BCUT2D eigenvalue weighted by atomic mass is 16.4. The molecule has 3 N–H and O–H groups in total. The van der Waals surface area contributed by atoms with Crippen LogP contribution in [-0.2, 0) is 14.4 Å². The van der Waals surface area contributed by atoms with E-state index >= 15 is 0 Å². The Morgan fingerprint density at radius 1 is 1.31 bits per heavy atom. The van der Waals surface area contributed by atoms with Crippen LogP contribution in [0.1, 0.15) is 33.1 Å². The minimum absolute atomic E-state index is 0.0904. The highest BCUT2D eigenvalue weighted by molar-refractivity contribution is 5.83. The lowest BCUT2D eigenvalue weighted by Gasteiger charge is -2.13. The molecule has 16 heavy (non-hydrogen) atoms. The molecule has 0 rings (SSSR count). The maximum absolute atomic E-state index is 11.3. The molecule has 0 spiro atoms. The van der Waals surface area contributed by atoms with Gasteiger partial charge in [-0.05, 0) is 6.42 Å². The van der Waals surface area contributed by atoms with Gasteiger partial charge in [0.05, 0.1) is 0 Å². The van der Waals surface area contributed by atoms with Crippen LogP contribution in [0.25, 0.3) is 0 Å². The molecule has 0 aliphatic heterocycles. The molecular formula is C10H18N2O4. The normalized spacial score (nSPS) is 11.6. The van der Waals surface area contributed by atoms with Gasteiger partial charge in [0.25, 0.3) is 0 Å². The molecule has 92 valence electrons. The third-order valence-corrected chi connectivity index (χ3v) is 1.94. The molecule has 0 aromatic carbocycles. The predicted molar refractivity (Wildman–Crippen MR) is 57.8 cm³/mol. The smallest absolute Gasteiger partial charge is 0.326 e. The maximum atomic E-state index is 11.3. The Morgan fingerprint density at radius 3 is 2.38 bits per heavy atom. The van der Waals surface area contributed by atoms with Gasteiger partial charge in [-0.25, -0.2) is 4.79 Å². The second kappa shape index (κ2) is 7.67. The third-order valence-electron chi connectivity index (χ3n) is 1.94. The summed E-state index contributed by atoms with van der Waals surface area (Å²) in [6.45, 7) is 3.42. The summed E-state index contributed by atoms with van der Waals surface area (Å²) in [6, 6.07) is -0.838. The molecular weight excluding hydrogens is 212 g/mol. The van der Waals surface area contributed by atoms with E-state index in [1.54, 1.807) is 0 Å². The fourth-order valence-electron chi connectivity index (χ4n) is 1.16. The summed E-state index contributed by atoms with van der Waals surface area (Å²) in [4.78, 5) is 32.5. The van der Waals surface area contributed by atoms with Gasteiger partial charge in [0, 0.05) is 19.9 Å². The van der Waals surface area contributed by atoms with E-state index in [0.717, 1.165) is 0 Å². The van der Waals surface area contributed by atoms with Crippen LogP contribution in [0.2, 0.25) is 0 Å². The van der Waals surface area contributed by atoms with E-state index in [-0.39, 0.29) is 24.8 Å². The summed E-state index contributed by atoms with van der Waals surface area (Å²) in [7, 11) is 0. The van der Waals surface area contributed by atoms with Crippen molar-refractivity contribution in [2.75, 3.05) is 6.54 Å². The first-order valence-electron chi connectivity index (χ1n) is 5.24. The van der Waals surface area contributed by atoms with E-state index in [9.17, 15) is 14.4 Å². The first kappa shape index (κ1) is 14.4. The van der Waals surface area contributed by atoms with Gasteiger partial charge in [0.15, 0.2) is 0 Å². The van der Waals surface area contributed by atoms with E-state index in [0.29, 0.717) is 12.8 Å². The summed E-state index contributed by atoms with van der Waals surface area (Å²) in [5, 5.41) is 13.6. The summed E-state index contributed by atoms with van der Waals surface area (Å²) in [6.07, 6.45) is 1.18. The molecule has 0 unspecified atom stereocenters. The van der Waals surface area contributed by atoms with Crippen molar-refractivity contribution in [3.8, 4) is 0 Å². The number of hydrogen-bond donors (Lipinski definition) is 3. The van der Waals surface area contributed by atoms with Crippen LogP contribution in [0, 0.1) is 0 Å². The average molecular weight is 230 g/mol. The Morgan fingerprint density at radius 2 is 1.94 bits per heavy atom. The zero-order valence-corrected chi connectivity index (χ0v) is 9.58. The second-order valence-corrected chi connectivity index (χ2v) is 3.48. The number of carbonyl (C=O) groups is 3. The number of hydrogen-bond acceptors (Lipinski definition) is 3. The quantitative estimate of drug-likeness (QED) is 0.568. The summed E-state index contributed by atoms with van der Waals surface area (Å²) in [5.41, 5.74) is 0. The van der Waals surface area contributed by atoms with Gasteiger partial charge >= 0.3 is 5.97 Å². The van der Waals surface area contributed by atoms with Crippen molar-refractivity contribution in [2.24, 2.45) is 0 Å². The maximum Gasteiger partial charge on any atom is 0.326 e. The Bertz CT molecular complexity index is 266. The van der Waals surface area contributed by atoms with Crippen molar-refractivity contribution in [3.05, 3.63) is 0 Å². The highest BCUT2D eigenvalue weighted by Crippen LogP contribution is 1.97. The lowest BCUT2D eigenvalue weighted by atomic mass is 10.1. The highest BCUT2D eigenvalue weighted by Gasteiger charge is 2.18. The fourth-order valence-corrected chi connectivity index (χ4v) is 1.16. The Kier molecular flexibility index (Phi) is 6.91. The summed E-state index contributed by atoms with van der Waals surface area (Å²) < 4.78 is 0. The van der Waals surface area contributed by atoms with Crippen LogP contribution in [0.3, 0.4) is 0 Å². The number of carbonyl (C=O) groups excluding carboxylic acids is 2. The van der Waals surface area contributed by atoms with Gasteiger partial charge in [-0.1, -0.05) is 13.3 Å². The SMILES string of the molecule is CCC[C@H](NC(=O)CCNC(C)=O)C(=O)O. The molecule has 0 fully saturated rings. The number of nitrogens with one attached hydrogen (secondary N) is 2. The molecule has 2 amide bonds. The second-order valence-electron chi connectivity index (χ2n) is 3.48. The molecule has 0 heterocycles. The zero-order valence-electron chi connectivity index (χ0n) is 9.58. The molecule has 6 nitrogen and oxygen atoms in total. The van der Waals surface area contributed by atoms with E-state index < -0.39 is 12.0 Å². The first-order chi connectivity index (χ1) is 7.47. The number of amides is 2. The molecule has 0 radical (unpaired) electrons. The lowest BCUT2D eigenvalue weighted by molar-refractivity contribution is -0.142. The molecule has 0 saturated heterocycles. The Balaban J connectivity index is 3.90. The van der Waals surface area contributed by atoms with Crippen molar-refractivity contribution < 1.29 is 19.5 Å². The van der Waals surface area contributed by atoms with Crippen LogP contribution < -0.4 is 10.6 Å². The van der Waals surface area contributed by atoms with Crippen molar-refractivity contribution >= 4 is 17.8 Å². The van der Waals surface area contributed by atoms with Crippen LogP contribution in [-0.4, -0.2) is 35.5 Å².